The second-order valence-corrected chi connectivity index (χ2v) is 1.72. The lowest BCUT2D eigenvalue weighted by Crippen LogP contribution is -2.30. The van der Waals surface area contributed by atoms with Crippen molar-refractivity contribution in [1.29, 1.82) is 0 Å². The maximum Gasteiger partial charge on any atom is 0.325 e. The van der Waals surface area contributed by atoms with Crippen molar-refractivity contribution in [3.8, 4) is 0 Å². The third-order valence-electron chi connectivity index (χ3n) is 0.980. The highest BCUT2D eigenvalue weighted by Crippen LogP contribution is 1.99. The Bertz CT molecular complexity index is 203. The fourth-order valence-corrected chi connectivity index (χ4v) is 0.467. The first-order chi connectivity index (χ1) is 5.00. The maximum atomic E-state index is 10.5. The highest BCUT2D eigenvalue weighted by atomic mass is 16.4. The second-order valence-electron chi connectivity index (χ2n) is 1.72. The van der Waals surface area contributed by atoms with Crippen molar-refractivity contribution < 1.29 is 24.6 Å². The maximum absolute atomic E-state index is 10.5. The molecule has 0 fully saturated rings. The molecule has 0 aromatic heterocycles. The van der Waals surface area contributed by atoms with Gasteiger partial charge in [-0.1, -0.05) is 6.58 Å². The Morgan fingerprint density at radius 3 is 1.64 bits per heavy atom. The van der Waals surface area contributed by atoms with E-state index in [1.165, 1.54) is 0 Å². The summed E-state index contributed by atoms with van der Waals surface area (Å²) in [5.74, 6) is -6.40. The van der Waals surface area contributed by atoms with Gasteiger partial charge in [0.15, 0.2) is 5.78 Å². The van der Waals surface area contributed by atoms with Crippen LogP contribution in [0.1, 0.15) is 0 Å². The van der Waals surface area contributed by atoms with Gasteiger partial charge in [-0.25, -0.2) is 0 Å². The zero-order valence-corrected chi connectivity index (χ0v) is 5.48. The minimum absolute atomic E-state index is 0.674. The van der Waals surface area contributed by atoms with Crippen molar-refractivity contribution in [2.24, 2.45) is 5.92 Å². The van der Waals surface area contributed by atoms with Gasteiger partial charge >= 0.3 is 11.9 Å². The van der Waals surface area contributed by atoms with E-state index in [9.17, 15) is 14.4 Å². The molecule has 0 atom stereocenters. The third kappa shape index (κ3) is 2.21. The minimum Gasteiger partial charge on any atom is -0.480 e. The molecule has 5 heteroatoms. The zero-order valence-electron chi connectivity index (χ0n) is 5.48. The number of carboxylic acid groups (broad SMARTS) is 2. The summed E-state index contributed by atoms with van der Waals surface area (Å²) < 4.78 is 0. The monoisotopic (exact) mass is 158 g/mol. The SMILES string of the molecule is C=CC(=O)C(C(=O)O)C(=O)O. The Morgan fingerprint density at radius 2 is 1.55 bits per heavy atom. The molecule has 11 heavy (non-hydrogen) atoms. The van der Waals surface area contributed by atoms with E-state index in [0.717, 1.165) is 0 Å². The van der Waals surface area contributed by atoms with Crippen molar-refractivity contribution in [3.63, 3.8) is 0 Å². The van der Waals surface area contributed by atoms with Crippen LogP contribution >= 0.6 is 0 Å². The molecule has 0 rings (SSSR count). The highest BCUT2D eigenvalue weighted by Gasteiger charge is 2.31. The third-order valence-corrected chi connectivity index (χ3v) is 0.980. The summed E-state index contributed by atoms with van der Waals surface area (Å²) >= 11 is 0. The van der Waals surface area contributed by atoms with Gasteiger partial charge < -0.3 is 10.2 Å². The quantitative estimate of drug-likeness (QED) is 0.426. The molecule has 0 spiro atoms. The predicted molar refractivity (Wildman–Crippen MR) is 34.0 cm³/mol. The van der Waals surface area contributed by atoms with Gasteiger partial charge in [-0.2, -0.15) is 0 Å². The van der Waals surface area contributed by atoms with Gasteiger partial charge in [0.1, 0.15) is 0 Å². The Morgan fingerprint density at radius 1 is 1.18 bits per heavy atom. The molecular weight excluding hydrogens is 152 g/mol. The van der Waals surface area contributed by atoms with Crippen LogP contribution in [0.2, 0.25) is 0 Å². The van der Waals surface area contributed by atoms with Crippen LogP contribution in [-0.2, 0) is 14.4 Å². The molecule has 0 aliphatic heterocycles. The van der Waals surface area contributed by atoms with Crippen molar-refractivity contribution in [3.05, 3.63) is 12.7 Å². The lowest BCUT2D eigenvalue weighted by molar-refractivity contribution is -0.156. The van der Waals surface area contributed by atoms with Crippen LogP contribution in [0.4, 0.5) is 0 Å². The van der Waals surface area contributed by atoms with E-state index in [1.54, 1.807) is 0 Å². The molecule has 0 amide bonds. The summed E-state index contributed by atoms with van der Waals surface area (Å²) in [5, 5.41) is 16.4. The molecule has 60 valence electrons. The Balaban J connectivity index is 4.60. The van der Waals surface area contributed by atoms with Crippen LogP contribution in [0.3, 0.4) is 0 Å². The molecule has 0 radical (unpaired) electrons. The van der Waals surface area contributed by atoms with Crippen LogP contribution in [0.15, 0.2) is 12.7 Å². The molecule has 0 aliphatic carbocycles. The molecule has 0 aromatic rings. The number of carbonyl (C=O) groups is 3. The first-order valence-electron chi connectivity index (χ1n) is 2.62. The number of aliphatic carboxylic acids is 2. The fourth-order valence-electron chi connectivity index (χ4n) is 0.467. The van der Waals surface area contributed by atoms with Gasteiger partial charge in [0.2, 0.25) is 5.92 Å². The lowest BCUT2D eigenvalue weighted by Gasteiger charge is -2.00. The lowest BCUT2D eigenvalue weighted by atomic mass is 10.1. The van der Waals surface area contributed by atoms with E-state index in [0.29, 0.717) is 6.08 Å². The summed E-state index contributed by atoms with van der Waals surface area (Å²) in [5.41, 5.74) is 0. The van der Waals surface area contributed by atoms with E-state index >= 15 is 0 Å². The van der Waals surface area contributed by atoms with Gasteiger partial charge in [-0.15, -0.1) is 0 Å². The first-order valence-corrected chi connectivity index (χ1v) is 2.62. The average Bonchev–Trinajstić information content (AvgIpc) is 1.85. The molecule has 0 bridgehead atoms. The van der Waals surface area contributed by atoms with Crippen molar-refractivity contribution in [1.82, 2.24) is 0 Å². The van der Waals surface area contributed by atoms with E-state index in [-0.39, 0.29) is 0 Å². The van der Waals surface area contributed by atoms with Crippen LogP contribution in [-0.4, -0.2) is 27.9 Å². The van der Waals surface area contributed by atoms with Gasteiger partial charge in [0.05, 0.1) is 0 Å². The van der Waals surface area contributed by atoms with E-state index in [4.69, 9.17) is 10.2 Å². The fraction of sp³-hybridized carbons (Fsp3) is 0.167. The van der Waals surface area contributed by atoms with Gasteiger partial charge in [0, 0.05) is 0 Å². The number of carboxylic acids is 2. The van der Waals surface area contributed by atoms with E-state index in [2.05, 4.69) is 6.58 Å². The van der Waals surface area contributed by atoms with Crippen LogP contribution < -0.4 is 0 Å². The largest absolute Gasteiger partial charge is 0.480 e. The van der Waals surface area contributed by atoms with Crippen molar-refractivity contribution in [2.75, 3.05) is 0 Å². The normalized spacial score (nSPS) is 9.18. The van der Waals surface area contributed by atoms with Gasteiger partial charge in [-0.3, -0.25) is 14.4 Å². The number of hydrogen-bond donors (Lipinski definition) is 2. The summed E-state index contributed by atoms with van der Waals surface area (Å²) in [6, 6.07) is 0. The Labute approximate surface area is 61.9 Å². The molecule has 0 aromatic carbocycles. The Kier molecular flexibility index (Phi) is 2.98. The molecule has 0 saturated heterocycles. The number of allylic oxidation sites excluding steroid dienone is 1. The van der Waals surface area contributed by atoms with E-state index in [1.807, 2.05) is 0 Å². The highest BCUT2D eigenvalue weighted by molar-refractivity contribution is 6.17. The molecule has 5 nitrogen and oxygen atoms in total. The smallest absolute Gasteiger partial charge is 0.325 e. The minimum atomic E-state index is -2.02. The average molecular weight is 158 g/mol. The van der Waals surface area contributed by atoms with Crippen LogP contribution in [0, 0.1) is 5.92 Å². The number of ketones is 1. The van der Waals surface area contributed by atoms with Crippen LogP contribution in [0.5, 0.6) is 0 Å². The number of carbonyl (C=O) groups excluding carboxylic acids is 1. The van der Waals surface area contributed by atoms with Gasteiger partial charge in [0.25, 0.3) is 0 Å². The van der Waals surface area contributed by atoms with Crippen molar-refractivity contribution in [2.45, 2.75) is 0 Å². The first kappa shape index (κ1) is 9.35. The van der Waals surface area contributed by atoms with Crippen molar-refractivity contribution >= 4 is 17.7 Å². The molecular formula is C6H6O5. The second kappa shape index (κ2) is 3.50. The summed E-state index contributed by atoms with van der Waals surface area (Å²) in [6.45, 7) is 2.97. The van der Waals surface area contributed by atoms with Gasteiger partial charge in [-0.05, 0) is 6.08 Å². The standard InChI is InChI=1S/C6H6O5/c1-2-3(7)4(5(8)9)6(10)11/h2,4H,1H2,(H,8,9)(H,10,11). The Hall–Kier alpha value is -1.65. The summed E-state index contributed by atoms with van der Waals surface area (Å²) in [7, 11) is 0. The van der Waals surface area contributed by atoms with Crippen LogP contribution in [0.25, 0.3) is 0 Å². The molecule has 0 unspecified atom stereocenters. The summed E-state index contributed by atoms with van der Waals surface area (Å²) in [6.07, 6.45) is 0.674. The molecule has 0 aliphatic rings. The number of rotatable bonds is 4. The van der Waals surface area contributed by atoms with E-state index < -0.39 is 23.6 Å². The number of hydrogen-bond acceptors (Lipinski definition) is 3. The molecule has 0 heterocycles. The topological polar surface area (TPSA) is 91.7 Å². The predicted octanol–water partition coefficient (Wildman–Crippen LogP) is -0.473. The molecule has 2 N–H and O–H groups in total. The summed E-state index contributed by atoms with van der Waals surface area (Å²) in [4.78, 5) is 30.7. The molecule has 0 saturated carbocycles. The zero-order chi connectivity index (χ0) is 9.02.